The van der Waals surface area contributed by atoms with Crippen LogP contribution in [0.4, 0.5) is 4.39 Å². The first-order valence-corrected chi connectivity index (χ1v) is 11.6. The average molecular weight is 478 g/mol. The molecule has 2 amide bonds. The second-order valence-corrected chi connectivity index (χ2v) is 10.3. The number of carbonyl (C=O) groups excluding carboxylic acids is 2. The minimum Gasteiger partial charge on any atom is -0.357 e. The molecule has 0 unspecified atom stereocenters. The van der Waals surface area contributed by atoms with Gasteiger partial charge in [0, 0.05) is 25.2 Å². The summed E-state index contributed by atoms with van der Waals surface area (Å²) < 4.78 is 16.7. The van der Waals surface area contributed by atoms with Gasteiger partial charge in [0.05, 0.1) is 23.4 Å². The molecule has 2 heterocycles. The van der Waals surface area contributed by atoms with Crippen LogP contribution in [0.3, 0.4) is 0 Å². The van der Waals surface area contributed by atoms with E-state index in [9.17, 15) is 14.0 Å². The van der Waals surface area contributed by atoms with Crippen molar-refractivity contribution < 1.29 is 14.0 Å². The number of carbonyl (C=O) groups is 2. The molecule has 1 aliphatic heterocycles. The predicted molar refractivity (Wildman–Crippen MR) is 127 cm³/mol. The molecule has 0 aliphatic carbocycles. The molecular formula is C24H33ClFN5O2. The van der Waals surface area contributed by atoms with Crippen LogP contribution in [-0.4, -0.2) is 52.9 Å². The van der Waals surface area contributed by atoms with Crippen LogP contribution in [0.25, 0.3) is 11.4 Å². The van der Waals surface area contributed by atoms with Crippen LogP contribution in [0, 0.1) is 11.2 Å². The molecular weight excluding hydrogens is 445 g/mol. The highest BCUT2D eigenvalue weighted by Crippen LogP contribution is 2.29. The predicted octanol–water partition coefficient (Wildman–Crippen LogP) is 3.39. The minimum absolute atomic E-state index is 0.00994. The molecule has 7 nitrogen and oxygen atoms in total. The van der Waals surface area contributed by atoms with Crippen LogP contribution in [0.1, 0.15) is 45.0 Å². The molecule has 2 N–H and O–H groups in total. The number of hydrogen-bond acceptors (Lipinski definition) is 4. The minimum atomic E-state index is -0.639. The fraction of sp³-hybridized carbons (Fsp3) is 0.542. The van der Waals surface area contributed by atoms with Crippen molar-refractivity contribution >= 4 is 23.4 Å². The summed E-state index contributed by atoms with van der Waals surface area (Å²) in [6, 6.07) is 3.89. The number of imidazole rings is 1. The molecule has 2 aromatic rings. The number of fused-ring (bicyclic) bond motifs is 1. The first-order valence-electron chi connectivity index (χ1n) is 11.2. The van der Waals surface area contributed by atoms with Gasteiger partial charge in [-0.3, -0.25) is 9.59 Å². The second kappa shape index (κ2) is 10.2. The van der Waals surface area contributed by atoms with Crippen molar-refractivity contribution in [2.45, 2.75) is 59.2 Å². The van der Waals surface area contributed by atoms with E-state index in [1.54, 1.807) is 19.2 Å². The molecule has 0 fully saturated rings. The van der Waals surface area contributed by atoms with Gasteiger partial charge in [-0.05, 0) is 50.0 Å². The summed E-state index contributed by atoms with van der Waals surface area (Å²) >= 11 is 5.94. The standard InChI is InChI=1S/C24H33ClFN5O2/c1-24(2,3)13-19(23(33)27-4)28-21(32)12-18-20-14-30(5)9-6-10-31(20)22(29-18)16-8-7-15(25)11-17(16)26/h7-8,11,19H,6,9-10,12-14H2,1-5H3,(H,27,33)(H,28,32)/t19-/m0/s1. The van der Waals surface area contributed by atoms with Crippen LogP contribution < -0.4 is 10.6 Å². The van der Waals surface area contributed by atoms with Gasteiger partial charge in [-0.15, -0.1) is 0 Å². The number of aromatic nitrogens is 2. The van der Waals surface area contributed by atoms with Gasteiger partial charge in [-0.1, -0.05) is 32.4 Å². The highest BCUT2D eigenvalue weighted by atomic mass is 35.5. The summed E-state index contributed by atoms with van der Waals surface area (Å²) in [5.41, 5.74) is 1.70. The normalized spacial score (nSPS) is 15.5. The summed E-state index contributed by atoms with van der Waals surface area (Å²) in [5.74, 6) is -0.474. The van der Waals surface area contributed by atoms with Crippen molar-refractivity contribution in [1.82, 2.24) is 25.1 Å². The first-order chi connectivity index (χ1) is 15.5. The molecule has 0 bridgehead atoms. The molecule has 1 aromatic carbocycles. The number of amides is 2. The summed E-state index contributed by atoms with van der Waals surface area (Å²) in [4.78, 5) is 32.2. The molecule has 1 aromatic heterocycles. The molecule has 0 saturated heterocycles. The molecule has 0 saturated carbocycles. The monoisotopic (exact) mass is 477 g/mol. The third kappa shape index (κ3) is 6.32. The van der Waals surface area contributed by atoms with Gasteiger partial charge in [-0.2, -0.15) is 0 Å². The van der Waals surface area contributed by atoms with Crippen molar-refractivity contribution in [3.05, 3.63) is 40.4 Å². The number of hydrogen-bond donors (Lipinski definition) is 2. The smallest absolute Gasteiger partial charge is 0.242 e. The van der Waals surface area contributed by atoms with Gasteiger partial charge in [0.1, 0.15) is 17.7 Å². The molecule has 3 rings (SSSR count). The van der Waals surface area contributed by atoms with Gasteiger partial charge in [0.15, 0.2) is 0 Å². The second-order valence-electron chi connectivity index (χ2n) is 9.87. The van der Waals surface area contributed by atoms with E-state index in [1.165, 1.54) is 6.07 Å². The van der Waals surface area contributed by atoms with E-state index in [0.717, 1.165) is 18.7 Å². The Morgan fingerprint density at radius 2 is 2.00 bits per heavy atom. The topological polar surface area (TPSA) is 79.3 Å². The Kier molecular flexibility index (Phi) is 7.80. The molecule has 0 spiro atoms. The Balaban J connectivity index is 1.93. The van der Waals surface area contributed by atoms with Crippen molar-refractivity contribution in [2.24, 2.45) is 5.41 Å². The lowest BCUT2D eigenvalue weighted by atomic mass is 9.87. The molecule has 0 radical (unpaired) electrons. The molecule has 1 aliphatic rings. The molecule has 180 valence electrons. The zero-order valence-corrected chi connectivity index (χ0v) is 20.7. The van der Waals surface area contributed by atoms with Crippen LogP contribution in [0.2, 0.25) is 5.02 Å². The lowest BCUT2D eigenvalue weighted by Gasteiger charge is -2.25. The van der Waals surface area contributed by atoms with Crippen molar-refractivity contribution in [1.29, 1.82) is 0 Å². The van der Waals surface area contributed by atoms with E-state index in [2.05, 4.69) is 15.5 Å². The molecule has 1 atom stereocenters. The van der Waals surface area contributed by atoms with Gasteiger partial charge in [0.25, 0.3) is 0 Å². The maximum Gasteiger partial charge on any atom is 0.242 e. The van der Waals surface area contributed by atoms with Gasteiger partial charge in [-0.25, -0.2) is 9.37 Å². The molecule has 9 heteroatoms. The number of benzene rings is 1. The van der Waals surface area contributed by atoms with Crippen molar-refractivity contribution in [3.63, 3.8) is 0 Å². The number of nitrogens with one attached hydrogen (secondary N) is 2. The van der Waals surface area contributed by atoms with Crippen LogP contribution >= 0.6 is 11.6 Å². The number of halogens is 2. The van der Waals surface area contributed by atoms with E-state index >= 15 is 0 Å². The van der Waals surface area contributed by atoms with Gasteiger partial charge < -0.3 is 20.1 Å². The Labute approximate surface area is 199 Å². The van der Waals surface area contributed by atoms with E-state index in [-0.39, 0.29) is 23.7 Å². The van der Waals surface area contributed by atoms with E-state index in [1.807, 2.05) is 32.4 Å². The van der Waals surface area contributed by atoms with E-state index < -0.39 is 11.9 Å². The summed E-state index contributed by atoms with van der Waals surface area (Å²) in [5, 5.41) is 5.81. The zero-order valence-electron chi connectivity index (χ0n) is 20.0. The van der Waals surface area contributed by atoms with Crippen molar-refractivity contribution in [3.8, 4) is 11.4 Å². The van der Waals surface area contributed by atoms with Gasteiger partial charge >= 0.3 is 0 Å². The lowest BCUT2D eigenvalue weighted by molar-refractivity contribution is -0.129. The third-order valence-corrected chi connectivity index (χ3v) is 5.95. The maximum absolute atomic E-state index is 14.7. The SMILES string of the molecule is CNC(=O)[C@H](CC(C)(C)C)NC(=O)Cc1nc(-c2ccc(Cl)cc2F)n2c1CN(C)CCC2. The Hall–Kier alpha value is -2.45. The fourth-order valence-electron chi connectivity index (χ4n) is 4.20. The lowest BCUT2D eigenvalue weighted by Crippen LogP contribution is -2.48. The highest BCUT2D eigenvalue weighted by molar-refractivity contribution is 6.30. The average Bonchev–Trinajstić information content (AvgIpc) is 2.90. The summed E-state index contributed by atoms with van der Waals surface area (Å²) in [7, 11) is 3.57. The van der Waals surface area contributed by atoms with Crippen LogP contribution in [0.5, 0.6) is 0 Å². The molecule has 33 heavy (non-hydrogen) atoms. The summed E-state index contributed by atoms with van der Waals surface area (Å²) in [6.45, 7) is 8.23. The fourth-order valence-corrected chi connectivity index (χ4v) is 4.36. The van der Waals surface area contributed by atoms with E-state index in [0.29, 0.717) is 41.6 Å². The number of likely N-dealkylation sites (N-methyl/N-ethyl adjacent to an activating group) is 1. The van der Waals surface area contributed by atoms with Crippen LogP contribution in [-0.2, 0) is 29.1 Å². The first kappa shape index (κ1) is 25.2. The number of nitrogens with zero attached hydrogens (tertiary/aromatic N) is 3. The Morgan fingerprint density at radius 1 is 1.27 bits per heavy atom. The number of rotatable bonds is 6. The Morgan fingerprint density at radius 3 is 2.64 bits per heavy atom. The maximum atomic E-state index is 14.7. The zero-order chi connectivity index (χ0) is 24.3. The highest BCUT2D eigenvalue weighted by Gasteiger charge is 2.28. The summed E-state index contributed by atoms with van der Waals surface area (Å²) in [6.07, 6.45) is 1.40. The van der Waals surface area contributed by atoms with Gasteiger partial charge in [0.2, 0.25) is 11.8 Å². The van der Waals surface area contributed by atoms with Crippen molar-refractivity contribution in [2.75, 3.05) is 20.6 Å². The largest absolute Gasteiger partial charge is 0.357 e. The van der Waals surface area contributed by atoms with Crippen LogP contribution in [0.15, 0.2) is 18.2 Å². The van der Waals surface area contributed by atoms with E-state index in [4.69, 9.17) is 16.6 Å². The quantitative estimate of drug-likeness (QED) is 0.668. The third-order valence-electron chi connectivity index (χ3n) is 5.71. The Bertz CT molecular complexity index is 1030.